The normalized spacial score (nSPS) is 16.1. The quantitative estimate of drug-likeness (QED) is 0.429. The number of aromatic nitrogens is 4. The number of hydrogen-bond acceptors (Lipinski definition) is 7. The summed E-state index contributed by atoms with van der Waals surface area (Å²) in [6, 6.07) is 6.32. The van der Waals surface area contributed by atoms with Gasteiger partial charge in [-0.25, -0.2) is 17.8 Å². The molecule has 0 spiro atoms. The van der Waals surface area contributed by atoms with Crippen LogP contribution in [0.5, 0.6) is 0 Å². The molecular formula is C21H21BrFN7O2S. The monoisotopic (exact) mass is 533 g/mol. The zero-order chi connectivity index (χ0) is 23.3. The van der Waals surface area contributed by atoms with Gasteiger partial charge >= 0.3 is 0 Å². The van der Waals surface area contributed by atoms with Gasteiger partial charge in [-0.15, -0.1) is 0 Å². The van der Waals surface area contributed by atoms with Crippen molar-refractivity contribution in [3.63, 3.8) is 0 Å². The number of anilines is 1. The second-order valence-corrected chi connectivity index (χ2v) is 10.8. The first-order valence-corrected chi connectivity index (χ1v) is 12.9. The molecule has 12 heteroatoms. The highest BCUT2D eigenvalue weighted by Crippen LogP contribution is 2.31. The lowest BCUT2D eigenvalue weighted by molar-refractivity contribution is 0.180. The van der Waals surface area contributed by atoms with Crippen molar-refractivity contribution < 1.29 is 12.8 Å². The molecule has 1 saturated heterocycles. The zero-order valence-corrected chi connectivity index (χ0v) is 20.1. The minimum Gasteiger partial charge on any atom is -0.383 e. The average Bonchev–Trinajstić information content (AvgIpc) is 3.20. The van der Waals surface area contributed by atoms with E-state index < -0.39 is 10.0 Å². The summed E-state index contributed by atoms with van der Waals surface area (Å²) in [5.74, 6) is 0.0849. The van der Waals surface area contributed by atoms with Crippen LogP contribution >= 0.6 is 15.9 Å². The molecule has 1 aliphatic rings. The smallest absolute Gasteiger partial charge is 0.211 e. The van der Waals surface area contributed by atoms with Crippen molar-refractivity contribution in [2.45, 2.75) is 6.54 Å². The van der Waals surface area contributed by atoms with Crippen molar-refractivity contribution in [2.24, 2.45) is 0 Å². The molecule has 2 N–H and O–H groups in total. The molecule has 9 nitrogen and oxygen atoms in total. The molecule has 0 aliphatic carbocycles. The number of piperazine rings is 1. The maximum absolute atomic E-state index is 13.7. The number of rotatable bonds is 4. The van der Waals surface area contributed by atoms with Gasteiger partial charge in [-0.3, -0.25) is 9.88 Å². The van der Waals surface area contributed by atoms with E-state index in [1.165, 1.54) is 22.7 Å². The van der Waals surface area contributed by atoms with E-state index >= 15 is 0 Å². The van der Waals surface area contributed by atoms with E-state index in [0.717, 1.165) is 16.8 Å². The predicted octanol–water partition coefficient (Wildman–Crippen LogP) is 2.51. The minimum atomic E-state index is -3.19. The van der Waals surface area contributed by atoms with Crippen LogP contribution in [0, 0.1) is 5.82 Å². The molecule has 33 heavy (non-hydrogen) atoms. The Kier molecular flexibility index (Phi) is 5.55. The van der Waals surface area contributed by atoms with Crippen LogP contribution in [0.3, 0.4) is 0 Å². The molecule has 0 saturated carbocycles. The Morgan fingerprint density at radius 3 is 2.64 bits per heavy atom. The highest BCUT2D eigenvalue weighted by molar-refractivity contribution is 9.10. The van der Waals surface area contributed by atoms with Crippen molar-refractivity contribution in [2.75, 3.05) is 38.2 Å². The van der Waals surface area contributed by atoms with Gasteiger partial charge in [0, 0.05) is 55.4 Å². The van der Waals surface area contributed by atoms with E-state index in [4.69, 9.17) is 10.7 Å². The molecule has 0 unspecified atom stereocenters. The number of hydrogen-bond donors (Lipinski definition) is 1. The second-order valence-electron chi connectivity index (χ2n) is 8.05. The highest BCUT2D eigenvalue weighted by atomic mass is 79.9. The summed E-state index contributed by atoms with van der Waals surface area (Å²) in [5, 5.41) is 5.07. The van der Waals surface area contributed by atoms with Crippen molar-refractivity contribution in [3.8, 4) is 11.1 Å². The lowest BCUT2D eigenvalue weighted by atomic mass is 10.1. The third-order valence-corrected chi connectivity index (χ3v) is 7.99. The maximum atomic E-state index is 13.7. The van der Waals surface area contributed by atoms with Crippen molar-refractivity contribution in [1.82, 2.24) is 28.8 Å². The Bertz CT molecular complexity index is 1480. The summed E-state index contributed by atoms with van der Waals surface area (Å²) in [6.45, 7) is 2.57. The Balaban J connectivity index is 1.49. The average molecular weight is 534 g/mol. The van der Waals surface area contributed by atoms with Crippen LogP contribution in [0.25, 0.3) is 27.7 Å². The van der Waals surface area contributed by atoms with Crippen LogP contribution < -0.4 is 5.73 Å². The van der Waals surface area contributed by atoms with E-state index in [2.05, 4.69) is 30.9 Å². The van der Waals surface area contributed by atoms with Crippen LogP contribution in [-0.2, 0) is 16.6 Å². The fourth-order valence-electron chi connectivity index (χ4n) is 4.03. The van der Waals surface area contributed by atoms with Gasteiger partial charge in [0.15, 0.2) is 5.65 Å². The van der Waals surface area contributed by atoms with Gasteiger partial charge in [-0.1, -0.05) is 0 Å². The molecule has 4 heterocycles. The van der Waals surface area contributed by atoms with E-state index in [0.29, 0.717) is 59.6 Å². The molecule has 0 radical (unpaired) electrons. The molecule has 0 atom stereocenters. The van der Waals surface area contributed by atoms with Crippen LogP contribution in [0.4, 0.5) is 10.2 Å². The van der Waals surface area contributed by atoms with Crippen LogP contribution in [0.15, 0.2) is 41.1 Å². The number of nitrogens with two attached hydrogens (primary N) is 1. The first-order chi connectivity index (χ1) is 15.7. The number of benzene rings is 1. The molecule has 1 fully saturated rings. The lowest BCUT2D eigenvalue weighted by Gasteiger charge is -2.33. The lowest BCUT2D eigenvalue weighted by Crippen LogP contribution is -2.47. The number of nitrogen functional groups attached to an aromatic ring is 1. The fourth-order valence-corrected chi connectivity index (χ4v) is 5.24. The van der Waals surface area contributed by atoms with Gasteiger partial charge in [-0.2, -0.15) is 13.9 Å². The van der Waals surface area contributed by atoms with E-state index in [-0.39, 0.29) is 5.82 Å². The van der Waals surface area contributed by atoms with Crippen LogP contribution in [0.2, 0.25) is 0 Å². The first-order valence-electron chi connectivity index (χ1n) is 10.3. The van der Waals surface area contributed by atoms with Crippen molar-refractivity contribution >= 4 is 48.3 Å². The number of fused-ring (bicyclic) bond motifs is 2. The Labute approximate surface area is 198 Å². The first kappa shape index (κ1) is 22.1. The summed E-state index contributed by atoms with van der Waals surface area (Å²) < 4.78 is 40.9. The third-order valence-electron chi connectivity index (χ3n) is 5.82. The summed E-state index contributed by atoms with van der Waals surface area (Å²) in [7, 11) is -3.19. The largest absolute Gasteiger partial charge is 0.383 e. The van der Waals surface area contributed by atoms with E-state index in [1.807, 2.05) is 6.07 Å². The fraction of sp³-hybridized carbons (Fsp3) is 0.286. The van der Waals surface area contributed by atoms with Gasteiger partial charge in [0.1, 0.15) is 11.6 Å². The highest BCUT2D eigenvalue weighted by Gasteiger charge is 2.25. The third kappa shape index (κ3) is 4.19. The van der Waals surface area contributed by atoms with E-state index in [9.17, 15) is 12.8 Å². The Morgan fingerprint density at radius 2 is 1.91 bits per heavy atom. The number of nitrogens with zero attached hydrogens (tertiary/aromatic N) is 6. The molecule has 4 aromatic rings. The van der Waals surface area contributed by atoms with Gasteiger partial charge < -0.3 is 5.73 Å². The van der Waals surface area contributed by atoms with Gasteiger partial charge in [0.25, 0.3) is 0 Å². The standard InChI is InChI=1S/C21H21BrFN7O2S/c1-33(31,32)29-6-4-28(5-7-29)12-18-19(22)20(24)30-21(27-18)16(11-26-30)14-8-13-9-15(23)2-3-17(13)25-10-14/h2-3,8-11H,4-7,12,24H2,1H3. The number of sulfonamides is 1. The summed E-state index contributed by atoms with van der Waals surface area (Å²) in [6.07, 6.45) is 4.61. The van der Waals surface area contributed by atoms with Crippen molar-refractivity contribution in [1.29, 1.82) is 0 Å². The zero-order valence-electron chi connectivity index (χ0n) is 17.7. The topological polar surface area (TPSA) is 110 Å². The van der Waals surface area contributed by atoms with Gasteiger partial charge in [0.05, 0.1) is 28.1 Å². The summed E-state index contributed by atoms with van der Waals surface area (Å²) in [5.41, 5.74) is 9.83. The number of halogens is 2. The molecule has 5 rings (SSSR count). The molecule has 172 valence electrons. The Hall–Kier alpha value is -2.67. The second kappa shape index (κ2) is 8.28. The Morgan fingerprint density at radius 1 is 1.15 bits per heavy atom. The molecule has 1 aliphatic heterocycles. The molecular weight excluding hydrogens is 513 g/mol. The SMILES string of the molecule is CS(=O)(=O)N1CCN(Cc2nc3c(-c4cnc5ccc(F)cc5c4)cnn3c(N)c2Br)CC1. The summed E-state index contributed by atoms with van der Waals surface area (Å²) >= 11 is 3.54. The molecule has 0 bridgehead atoms. The van der Waals surface area contributed by atoms with Gasteiger partial charge in [0.2, 0.25) is 10.0 Å². The van der Waals surface area contributed by atoms with Gasteiger partial charge in [-0.05, 0) is 40.2 Å². The van der Waals surface area contributed by atoms with E-state index in [1.54, 1.807) is 23.0 Å². The predicted molar refractivity (Wildman–Crippen MR) is 127 cm³/mol. The van der Waals surface area contributed by atoms with Crippen LogP contribution in [-0.4, -0.2) is 69.6 Å². The molecule has 3 aromatic heterocycles. The summed E-state index contributed by atoms with van der Waals surface area (Å²) in [4.78, 5) is 11.4. The minimum absolute atomic E-state index is 0.328. The van der Waals surface area contributed by atoms with Crippen molar-refractivity contribution in [3.05, 3.63) is 52.6 Å². The number of pyridine rings is 1. The van der Waals surface area contributed by atoms with Crippen LogP contribution in [0.1, 0.15) is 5.69 Å². The molecule has 1 aromatic carbocycles. The molecule has 0 amide bonds. The maximum Gasteiger partial charge on any atom is 0.211 e.